The molecule has 1 aliphatic rings. The Morgan fingerprint density at radius 3 is 3.00 bits per heavy atom. The smallest absolute Gasteiger partial charge is 0.145 e. The van der Waals surface area contributed by atoms with Crippen molar-refractivity contribution < 1.29 is 0 Å². The zero-order chi connectivity index (χ0) is 10.7. The summed E-state index contributed by atoms with van der Waals surface area (Å²) in [4.78, 5) is 2.54. The zero-order valence-electron chi connectivity index (χ0n) is 9.39. The number of nitrogen functional groups attached to an aromatic ring is 1. The first-order valence-electron chi connectivity index (χ1n) is 5.75. The molecular formula is C11H20N4. The average Bonchev–Trinajstić information content (AvgIpc) is 2.76. The molecule has 4 nitrogen and oxygen atoms in total. The fourth-order valence-electron chi connectivity index (χ4n) is 2.19. The molecule has 1 fully saturated rings. The van der Waals surface area contributed by atoms with E-state index in [4.69, 9.17) is 5.73 Å². The molecule has 2 heterocycles. The summed E-state index contributed by atoms with van der Waals surface area (Å²) < 4.78 is 1.93. The highest BCUT2D eigenvalue weighted by Gasteiger charge is 2.17. The van der Waals surface area contributed by atoms with Crippen LogP contribution in [-0.4, -0.2) is 34.3 Å². The van der Waals surface area contributed by atoms with Crippen LogP contribution in [0.4, 0.5) is 5.82 Å². The molecule has 0 amide bonds. The molecule has 1 aliphatic heterocycles. The second kappa shape index (κ2) is 4.66. The van der Waals surface area contributed by atoms with Gasteiger partial charge in [0.25, 0.3) is 0 Å². The van der Waals surface area contributed by atoms with Crippen molar-refractivity contribution in [1.82, 2.24) is 14.7 Å². The molecule has 4 heteroatoms. The van der Waals surface area contributed by atoms with Crippen molar-refractivity contribution in [1.29, 1.82) is 0 Å². The van der Waals surface area contributed by atoms with E-state index in [0.717, 1.165) is 18.9 Å². The lowest BCUT2D eigenvalue weighted by Crippen LogP contribution is -2.22. The maximum Gasteiger partial charge on any atom is 0.145 e. The molecule has 1 saturated heterocycles. The zero-order valence-corrected chi connectivity index (χ0v) is 9.39. The Kier molecular flexibility index (Phi) is 3.26. The normalized spacial score (nSPS) is 22.3. The van der Waals surface area contributed by atoms with Crippen LogP contribution >= 0.6 is 0 Å². The number of nitrogens with two attached hydrogens (primary N) is 1. The molecule has 0 bridgehead atoms. The summed E-state index contributed by atoms with van der Waals surface area (Å²) in [6.45, 7) is 7.02. The number of anilines is 1. The van der Waals surface area contributed by atoms with Crippen LogP contribution in [0, 0.1) is 5.92 Å². The van der Waals surface area contributed by atoms with Gasteiger partial charge >= 0.3 is 0 Å². The van der Waals surface area contributed by atoms with E-state index in [1.807, 2.05) is 16.9 Å². The van der Waals surface area contributed by atoms with Gasteiger partial charge in [-0.05, 0) is 37.9 Å². The average molecular weight is 208 g/mol. The van der Waals surface area contributed by atoms with E-state index in [1.54, 1.807) is 0 Å². The molecule has 2 N–H and O–H groups in total. The van der Waals surface area contributed by atoms with E-state index < -0.39 is 0 Å². The maximum absolute atomic E-state index is 5.55. The Bertz CT molecular complexity index is 307. The Morgan fingerprint density at radius 1 is 1.53 bits per heavy atom. The van der Waals surface area contributed by atoms with Gasteiger partial charge in [-0.2, -0.15) is 5.10 Å². The molecule has 1 unspecified atom stereocenters. The van der Waals surface area contributed by atoms with Gasteiger partial charge in [0.15, 0.2) is 0 Å². The Morgan fingerprint density at radius 2 is 2.40 bits per heavy atom. The van der Waals surface area contributed by atoms with E-state index in [1.165, 1.54) is 26.1 Å². The molecule has 1 aromatic heterocycles. The van der Waals surface area contributed by atoms with Crippen LogP contribution in [0.3, 0.4) is 0 Å². The largest absolute Gasteiger partial charge is 0.382 e. The van der Waals surface area contributed by atoms with Crippen molar-refractivity contribution in [2.75, 3.05) is 25.4 Å². The number of hydrogen-bond donors (Lipinski definition) is 1. The van der Waals surface area contributed by atoms with Gasteiger partial charge < -0.3 is 10.6 Å². The van der Waals surface area contributed by atoms with Gasteiger partial charge in [-0.1, -0.05) is 6.92 Å². The van der Waals surface area contributed by atoms with Gasteiger partial charge in [-0.3, -0.25) is 4.68 Å². The topological polar surface area (TPSA) is 47.1 Å². The number of aryl methyl sites for hydroxylation is 1. The van der Waals surface area contributed by atoms with Gasteiger partial charge in [0, 0.05) is 19.3 Å². The third kappa shape index (κ3) is 2.96. The number of rotatable bonds is 4. The number of aromatic nitrogens is 2. The maximum atomic E-state index is 5.55. The Balaban J connectivity index is 1.67. The summed E-state index contributed by atoms with van der Waals surface area (Å²) in [5, 5.41) is 4.17. The van der Waals surface area contributed by atoms with Gasteiger partial charge in [-0.25, -0.2) is 0 Å². The van der Waals surface area contributed by atoms with Crippen molar-refractivity contribution in [3.05, 3.63) is 12.3 Å². The molecular weight excluding hydrogens is 188 g/mol. The monoisotopic (exact) mass is 208 g/mol. The predicted octanol–water partition coefficient (Wildman–Crippen LogP) is 1.20. The van der Waals surface area contributed by atoms with Crippen LogP contribution in [0.2, 0.25) is 0 Å². The first-order chi connectivity index (χ1) is 7.24. The SMILES string of the molecule is CC1CCN(CCCn2ccc(N)n2)C1. The third-order valence-electron chi connectivity index (χ3n) is 3.03. The summed E-state index contributed by atoms with van der Waals surface area (Å²) in [5.74, 6) is 1.50. The number of nitrogens with zero attached hydrogens (tertiary/aromatic N) is 3. The number of hydrogen-bond acceptors (Lipinski definition) is 3. The Hall–Kier alpha value is -1.03. The highest BCUT2D eigenvalue weighted by atomic mass is 15.3. The van der Waals surface area contributed by atoms with Crippen molar-refractivity contribution in [3.63, 3.8) is 0 Å². The predicted molar refractivity (Wildman–Crippen MR) is 61.5 cm³/mol. The molecule has 0 saturated carbocycles. The van der Waals surface area contributed by atoms with Crippen molar-refractivity contribution in [2.24, 2.45) is 5.92 Å². The van der Waals surface area contributed by atoms with Crippen LogP contribution in [-0.2, 0) is 6.54 Å². The first-order valence-corrected chi connectivity index (χ1v) is 5.75. The molecule has 15 heavy (non-hydrogen) atoms. The minimum absolute atomic E-state index is 0.616. The lowest BCUT2D eigenvalue weighted by atomic mass is 10.2. The van der Waals surface area contributed by atoms with Gasteiger partial charge in [-0.15, -0.1) is 0 Å². The molecule has 84 valence electrons. The third-order valence-corrected chi connectivity index (χ3v) is 3.03. The lowest BCUT2D eigenvalue weighted by Gasteiger charge is -2.14. The molecule has 0 aliphatic carbocycles. The Labute approximate surface area is 91.1 Å². The van der Waals surface area contributed by atoms with Crippen LogP contribution in [0.15, 0.2) is 12.3 Å². The standard InChI is InChI=1S/C11H20N4/c1-10-3-7-14(9-10)5-2-6-15-8-4-11(12)13-15/h4,8,10H,2-3,5-7,9H2,1H3,(H2,12,13). The molecule has 0 radical (unpaired) electrons. The number of likely N-dealkylation sites (tertiary alicyclic amines) is 1. The molecule has 0 aromatic carbocycles. The summed E-state index contributed by atoms with van der Waals surface area (Å²) in [7, 11) is 0. The van der Waals surface area contributed by atoms with Gasteiger partial charge in [0.2, 0.25) is 0 Å². The fourth-order valence-corrected chi connectivity index (χ4v) is 2.19. The van der Waals surface area contributed by atoms with Crippen LogP contribution < -0.4 is 5.73 Å². The molecule has 1 atom stereocenters. The van der Waals surface area contributed by atoms with Gasteiger partial charge in [0.05, 0.1) is 0 Å². The quantitative estimate of drug-likeness (QED) is 0.808. The lowest BCUT2D eigenvalue weighted by molar-refractivity contribution is 0.313. The molecule has 0 spiro atoms. The van der Waals surface area contributed by atoms with Crippen LogP contribution in [0.1, 0.15) is 19.8 Å². The van der Waals surface area contributed by atoms with E-state index in [0.29, 0.717) is 5.82 Å². The van der Waals surface area contributed by atoms with Crippen molar-refractivity contribution in [2.45, 2.75) is 26.3 Å². The second-order valence-electron chi connectivity index (χ2n) is 4.55. The van der Waals surface area contributed by atoms with E-state index >= 15 is 0 Å². The first kappa shape index (κ1) is 10.5. The molecule has 2 rings (SSSR count). The summed E-state index contributed by atoms with van der Waals surface area (Å²) in [6.07, 6.45) is 4.46. The second-order valence-corrected chi connectivity index (χ2v) is 4.55. The highest BCUT2D eigenvalue weighted by molar-refractivity contribution is 5.23. The van der Waals surface area contributed by atoms with Gasteiger partial charge in [0.1, 0.15) is 5.82 Å². The fraction of sp³-hybridized carbons (Fsp3) is 0.727. The van der Waals surface area contributed by atoms with Crippen LogP contribution in [0.5, 0.6) is 0 Å². The summed E-state index contributed by atoms with van der Waals surface area (Å²) in [5.41, 5.74) is 5.55. The summed E-state index contributed by atoms with van der Waals surface area (Å²) >= 11 is 0. The minimum atomic E-state index is 0.616. The molecule has 1 aromatic rings. The summed E-state index contributed by atoms with van der Waals surface area (Å²) in [6, 6.07) is 1.85. The van der Waals surface area contributed by atoms with E-state index in [2.05, 4.69) is 16.9 Å². The van der Waals surface area contributed by atoms with Crippen LogP contribution in [0.25, 0.3) is 0 Å². The van der Waals surface area contributed by atoms with E-state index in [9.17, 15) is 0 Å². The van der Waals surface area contributed by atoms with Crippen molar-refractivity contribution in [3.8, 4) is 0 Å². The van der Waals surface area contributed by atoms with E-state index in [-0.39, 0.29) is 0 Å². The van der Waals surface area contributed by atoms with Crippen molar-refractivity contribution >= 4 is 5.82 Å². The highest BCUT2D eigenvalue weighted by Crippen LogP contribution is 2.14. The minimum Gasteiger partial charge on any atom is -0.382 e.